The fraction of sp³-hybridized carbons (Fsp3) is 0.263. The molecule has 2 aromatic carbocycles. The number of rotatable bonds is 7. The number of amides is 1. The van der Waals surface area contributed by atoms with Crippen LogP contribution >= 0.6 is 0 Å². The van der Waals surface area contributed by atoms with Crippen LogP contribution in [0.3, 0.4) is 0 Å². The normalized spacial score (nSPS) is 10.6. The average molecular weight is 335 g/mol. The second-order valence-corrected chi connectivity index (χ2v) is 5.83. The lowest BCUT2D eigenvalue weighted by molar-refractivity contribution is -0.118. The maximum absolute atomic E-state index is 12.8. The minimum Gasteiger partial charge on any atom is -0.312 e. The van der Waals surface area contributed by atoms with Crippen LogP contribution in [0.4, 0.5) is 5.69 Å². The SMILES string of the molecule is CCCCN(C(=O)Cc1ccc(-n2cnnn2)cc1)c1ccccc1. The number of hydrogen-bond acceptors (Lipinski definition) is 4. The van der Waals surface area contributed by atoms with Gasteiger partial charge in [-0.3, -0.25) is 4.79 Å². The van der Waals surface area contributed by atoms with Gasteiger partial charge in [-0.1, -0.05) is 43.7 Å². The Labute approximate surface area is 147 Å². The van der Waals surface area contributed by atoms with Crippen LogP contribution in [-0.4, -0.2) is 32.7 Å². The zero-order valence-electron chi connectivity index (χ0n) is 14.2. The number of carbonyl (C=O) groups excluding carboxylic acids is 1. The Morgan fingerprint density at radius 2 is 1.84 bits per heavy atom. The molecule has 0 aliphatic rings. The monoisotopic (exact) mass is 335 g/mol. The molecule has 1 heterocycles. The number of hydrogen-bond donors (Lipinski definition) is 0. The smallest absolute Gasteiger partial charge is 0.231 e. The Balaban J connectivity index is 1.72. The second-order valence-electron chi connectivity index (χ2n) is 5.83. The molecule has 0 radical (unpaired) electrons. The first kappa shape index (κ1) is 16.8. The summed E-state index contributed by atoms with van der Waals surface area (Å²) in [6.45, 7) is 2.87. The predicted molar refractivity (Wildman–Crippen MR) is 96.6 cm³/mol. The minimum atomic E-state index is 0.106. The highest BCUT2D eigenvalue weighted by atomic mass is 16.2. The van der Waals surface area contributed by atoms with Crippen molar-refractivity contribution in [1.29, 1.82) is 0 Å². The maximum Gasteiger partial charge on any atom is 0.231 e. The van der Waals surface area contributed by atoms with Gasteiger partial charge in [0.05, 0.1) is 12.1 Å². The van der Waals surface area contributed by atoms with Gasteiger partial charge in [-0.05, 0) is 46.7 Å². The van der Waals surface area contributed by atoms with E-state index in [1.807, 2.05) is 59.5 Å². The van der Waals surface area contributed by atoms with Gasteiger partial charge in [-0.2, -0.15) is 0 Å². The summed E-state index contributed by atoms with van der Waals surface area (Å²) < 4.78 is 1.59. The van der Waals surface area contributed by atoms with Gasteiger partial charge in [0, 0.05) is 12.2 Å². The molecule has 0 fully saturated rings. The summed E-state index contributed by atoms with van der Waals surface area (Å²) in [6.07, 6.45) is 3.95. The molecule has 0 aliphatic heterocycles. The molecule has 0 aliphatic carbocycles. The van der Waals surface area contributed by atoms with Crippen LogP contribution in [0.15, 0.2) is 60.9 Å². The summed E-state index contributed by atoms with van der Waals surface area (Å²) in [4.78, 5) is 14.7. The Kier molecular flexibility index (Phi) is 5.51. The van der Waals surface area contributed by atoms with Crippen LogP contribution < -0.4 is 4.90 Å². The lowest BCUT2D eigenvalue weighted by atomic mass is 10.1. The molecule has 3 aromatic rings. The van der Waals surface area contributed by atoms with Crippen molar-refractivity contribution in [2.75, 3.05) is 11.4 Å². The van der Waals surface area contributed by atoms with Gasteiger partial charge in [-0.15, -0.1) is 5.10 Å². The van der Waals surface area contributed by atoms with E-state index in [-0.39, 0.29) is 5.91 Å². The van der Waals surface area contributed by atoms with Crippen LogP contribution in [0, 0.1) is 0 Å². The fourth-order valence-electron chi connectivity index (χ4n) is 2.64. The molecule has 3 rings (SSSR count). The third-order valence-corrected chi connectivity index (χ3v) is 4.01. The third kappa shape index (κ3) is 4.29. The lowest BCUT2D eigenvalue weighted by Crippen LogP contribution is -2.33. The van der Waals surface area contributed by atoms with Crippen molar-refractivity contribution in [3.05, 3.63) is 66.5 Å². The van der Waals surface area contributed by atoms with Crippen LogP contribution in [0.2, 0.25) is 0 Å². The first-order valence-corrected chi connectivity index (χ1v) is 8.45. The summed E-state index contributed by atoms with van der Waals surface area (Å²) in [5, 5.41) is 11.1. The molecule has 6 heteroatoms. The van der Waals surface area contributed by atoms with Crippen molar-refractivity contribution in [1.82, 2.24) is 20.2 Å². The molecule has 128 valence electrons. The molecule has 0 saturated carbocycles. The number of anilines is 1. The van der Waals surface area contributed by atoms with E-state index in [1.165, 1.54) is 0 Å². The van der Waals surface area contributed by atoms with Crippen molar-refractivity contribution >= 4 is 11.6 Å². The van der Waals surface area contributed by atoms with E-state index in [0.29, 0.717) is 6.42 Å². The van der Waals surface area contributed by atoms with E-state index in [9.17, 15) is 4.79 Å². The first-order valence-electron chi connectivity index (χ1n) is 8.45. The Morgan fingerprint density at radius 1 is 1.08 bits per heavy atom. The molecular formula is C19H21N5O. The molecule has 25 heavy (non-hydrogen) atoms. The number of benzene rings is 2. The highest BCUT2D eigenvalue weighted by molar-refractivity contribution is 5.94. The summed E-state index contributed by atoms with van der Waals surface area (Å²) >= 11 is 0. The van der Waals surface area contributed by atoms with Crippen LogP contribution in [0.25, 0.3) is 5.69 Å². The molecule has 1 amide bonds. The van der Waals surface area contributed by atoms with Gasteiger partial charge < -0.3 is 4.90 Å². The van der Waals surface area contributed by atoms with Gasteiger partial charge in [0.25, 0.3) is 0 Å². The molecule has 0 bridgehead atoms. The summed E-state index contributed by atoms with van der Waals surface area (Å²) in [7, 11) is 0. The van der Waals surface area contributed by atoms with Crippen LogP contribution in [-0.2, 0) is 11.2 Å². The third-order valence-electron chi connectivity index (χ3n) is 4.01. The number of para-hydroxylation sites is 1. The van der Waals surface area contributed by atoms with Crippen molar-refractivity contribution < 1.29 is 4.79 Å². The maximum atomic E-state index is 12.8. The Hall–Kier alpha value is -3.02. The molecule has 0 N–H and O–H groups in total. The Morgan fingerprint density at radius 3 is 2.48 bits per heavy atom. The summed E-state index contributed by atoms with van der Waals surface area (Å²) in [5.74, 6) is 0.106. The van der Waals surface area contributed by atoms with E-state index in [1.54, 1.807) is 11.0 Å². The highest BCUT2D eigenvalue weighted by Crippen LogP contribution is 2.17. The lowest BCUT2D eigenvalue weighted by Gasteiger charge is -2.23. The quantitative estimate of drug-likeness (QED) is 0.666. The molecule has 0 unspecified atom stereocenters. The van der Waals surface area contributed by atoms with E-state index >= 15 is 0 Å². The number of aromatic nitrogens is 4. The standard InChI is InChI=1S/C19H21N5O/c1-2-3-13-23(17-7-5-4-6-8-17)19(25)14-16-9-11-18(12-10-16)24-15-20-21-22-24/h4-12,15H,2-3,13-14H2,1H3. The van der Waals surface area contributed by atoms with Crippen molar-refractivity contribution in [3.63, 3.8) is 0 Å². The molecule has 0 spiro atoms. The Bertz CT molecular complexity index is 784. The molecule has 1 aromatic heterocycles. The highest BCUT2D eigenvalue weighted by Gasteiger charge is 2.15. The van der Waals surface area contributed by atoms with Gasteiger partial charge >= 0.3 is 0 Å². The van der Waals surface area contributed by atoms with Crippen LogP contribution in [0.5, 0.6) is 0 Å². The van der Waals surface area contributed by atoms with Crippen molar-refractivity contribution in [2.24, 2.45) is 0 Å². The zero-order valence-corrected chi connectivity index (χ0v) is 14.2. The average Bonchev–Trinajstić information content (AvgIpc) is 3.18. The zero-order chi connectivity index (χ0) is 17.5. The minimum absolute atomic E-state index is 0.106. The van der Waals surface area contributed by atoms with Gasteiger partial charge in [-0.25, -0.2) is 4.68 Å². The topological polar surface area (TPSA) is 63.9 Å². The summed E-state index contributed by atoms with van der Waals surface area (Å²) in [6, 6.07) is 17.6. The largest absolute Gasteiger partial charge is 0.312 e. The number of carbonyl (C=O) groups is 1. The van der Waals surface area contributed by atoms with E-state index in [2.05, 4.69) is 22.4 Å². The van der Waals surface area contributed by atoms with E-state index in [0.717, 1.165) is 36.3 Å². The summed E-state index contributed by atoms with van der Waals surface area (Å²) in [5.41, 5.74) is 2.79. The molecule has 6 nitrogen and oxygen atoms in total. The second kappa shape index (κ2) is 8.19. The van der Waals surface area contributed by atoms with Gasteiger partial charge in [0.2, 0.25) is 5.91 Å². The van der Waals surface area contributed by atoms with Gasteiger partial charge in [0.1, 0.15) is 6.33 Å². The molecule has 0 atom stereocenters. The van der Waals surface area contributed by atoms with E-state index in [4.69, 9.17) is 0 Å². The van der Waals surface area contributed by atoms with Gasteiger partial charge in [0.15, 0.2) is 0 Å². The predicted octanol–water partition coefficient (Wildman–Crippen LogP) is 3.04. The number of unbranched alkanes of at least 4 members (excludes halogenated alkanes) is 1. The van der Waals surface area contributed by atoms with Crippen LogP contribution in [0.1, 0.15) is 25.3 Å². The first-order chi connectivity index (χ1) is 12.3. The number of tetrazole rings is 1. The molecule has 0 saturated heterocycles. The van der Waals surface area contributed by atoms with Crippen molar-refractivity contribution in [2.45, 2.75) is 26.2 Å². The van der Waals surface area contributed by atoms with E-state index < -0.39 is 0 Å². The number of nitrogens with zero attached hydrogens (tertiary/aromatic N) is 5. The molecular weight excluding hydrogens is 314 g/mol. The van der Waals surface area contributed by atoms with Crippen molar-refractivity contribution in [3.8, 4) is 5.69 Å². The fourth-order valence-corrected chi connectivity index (χ4v) is 2.64.